The van der Waals surface area contributed by atoms with Gasteiger partial charge in [-0.05, 0) is 48.5 Å². The van der Waals surface area contributed by atoms with E-state index in [9.17, 15) is 13.2 Å². The summed E-state index contributed by atoms with van der Waals surface area (Å²) in [7, 11) is -2.15. The fourth-order valence-corrected chi connectivity index (χ4v) is 2.75. The highest BCUT2D eigenvalue weighted by Gasteiger charge is 2.14. The first-order chi connectivity index (χ1) is 9.92. The van der Waals surface area contributed by atoms with Crippen LogP contribution in [-0.2, 0) is 10.0 Å². The molecular formula is C14H15N3O3S. The minimum Gasteiger partial charge on any atom is -0.399 e. The molecule has 2 rings (SSSR count). The van der Waals surface area contributed by atoms with E-state index in [2.05, 4.69) is 10.0 Å². The maximum absolute atomic E-state index is 12.2. The molecule has 0 radical (unpaired) electrons. The predicted molar refractivity (Wildman–Crippen MR) is 81.5 cm³/mol. The number of benzene rings is 2. The van der Waals surface area contributed by atoms with Crippen LogP contribution in [0.15, 0.2) is 53.4 Å². The summed E-state index contributed by atoms with van der Waals surface area (Å²) in [6, 6.07) is 12.0. The lowest BCUT2D eigenvalue weighted by Crippen LogP contribution is -2.18. The smallest absolute Gasteiger partial charge is 0.261 e. The molecule has 0 unspecified atom stereocenters. The van der Waals surface area contributed by atoms with Gasteiger partial charge in [-0.25, -0.2) is 8.42 Å². The van der Waals surface area contributed by atoms with Gasteiger partial charge in [0.25, 0.3) is 15.9 Å². The van der Waals surface area contributed by atoms with Gasteiger partial charge in [-0.15, -0.1) is 0 Å². The number of amides is 1. The average molecular weight is 305 g/mol. The molecule has 6 nitrogen and oxygen atoms in total. The van der Waals surface area contributed by atoms with Crippen molar-refractivity contribution in [2.24, 2.45) is 0 Å². The lowest BCUT2D eigenvalue weighted by Gasteiger charge is -2.09. The summed E-state index contributed by atoms with van der Waals surface area (Å²) < 4.78 is 26.8. The van der Waals surface area contributed by atoms with Gasteiger partial charge in [0.05, 0.1) is 4.90 Å². The molecule has 0 aromatic heterocycles. The van der Waals surface area contributed by atoms with E-state index in [4.69, 9.17) is 5.73 Å². The summed E-state index contributed by atoms with van der Waals surface area (Å²) >= 11 is 0. The van der Waals surface area contributed by atoms with Gasteiger partial charge in [-0.3, -0.25) is 9.52 Å². The summed E-state index contributed by atoms with van der Waals surface area (Å²) in [5, 5.41) is 2.49. The molecule has 0 aliphatic rings. The van der Waals surface area contributed by atoms with Crippen LogP contribution in [0.1, 0.15) is 10.4 Å². The van der Waals surface area contributed by atoms with Crippen molar-refractivity contribution >= 4 is 27.3 Å². The van der Waals surface area contributed by atoms with E-state index >= 15 is 0 Å². The van der Waals surface area contributed by atoms with Crippen molar-refractivity contribution in [2.75, 3.05) is 17.5 Å². The molecule has 2 aromatic carbocycles. The zero-order chi connectivity index (χ0) is 15.5. The van der Waals surface area contributed by atoms with Gasteiger partial charge < -0.3 is 11.1 Å². The average Bonchev–Trinajstić information content (AvgIpc) is 2.47. The summed E-state index contributed by atoms with van der Waals surface area (Å²) in [4.78, 5) is 11.5. The van der Waals surface area contributed by atoms with E-state index in [0.717, 1.165) is 0 Å². The number of sulfonamides is 1. The monoisotopic (exact) mass is 305 g/mol. The molecule has 0 bridgehead atoms. The second-order valence-electron chi connectivity index (χ2n) is 4.33. The third-order valence-electron chi connectivity index (χ3n) is 2.82. The Labute approximate surface area is 123 Å². The van der Waals surface area contributed by atoms with Crippen molar-refractivity contribution in [3.8, 4) is 0 Å². The first-order valence-electron chi connectivity index (χ1n) is 6.13. The van der Waals surface area contributed by atoms with Crippen molar-refractivity contribution in [3.05, 3.63) is 54.1 Å². The number of nitrogens with two attached hydrogens (primary N) is 1. The van der Waals surface area contributed by atoms with Gasteiger partial charge in [0.15, 0.2) is 0 Å². The van der Waals surface area contributed by atoms with Gasteiger partial charge in [0.2, 0.25) is 0 Å². The topological polar surface area (TPSA) is 101 Å². The molecule has 7 heteroatoms. The van der Waals surface area contributed by atoms with Crippen LogP contribution in [-0.4, -0.2) is 21.4 Å². The molecule has 0 aliphatic carbocycles. The standard InChI is InChI=1S/C14H15N3O3S/c1-16-14(18)10-2-6-12(7-3-10)17-21(19,20)13-8-4-11(15)5-9-13/h2-9,17H,15H2,1H3,(H,16,18). The van der Waals surface area contributed by atoms with Crippen LogP contribution in [0.2, 0.25) is 0 Å². The number of hydrogen-bond acceptors (Lipinski definition) is 4. The number of anilines is 2. The lowest BCUT2D eigenvalue weighted by atomic mass is 10.2. The molecule has 2 aromatic rings. The highest BCUT2D eigenvalue weighted by Crippen LogP contribution is 2.17. The van der Waals surface area contributed by atoms with Crippen molar-refractivity contribution in [3.63, 3.8) is 0 Å². The van der Waals surface area contributed by atoms with E-state index < -0.39 is 10.0 Å². The van der Waals surface area contributed by atoms with Crippen LogP contribution in [0.5, 0.6) is 0 Å². The first kappa shape index (κ1) is 14.9. The van der Waals surface area contributed by atoms with Crippen molar-refractivity contribution in [1.29, 1.82) is 0 Å². The maximum atomic E-state index is 12.2. The minimum absolute atomic E-state index is 0.118. The number of rotatable bonds is 4. The molecule has 0 heterocycles. The SMILES string of the molecule is CNC(=O)c1ccc(NS(=O)(=O)c2ccc(N)cc2)cc1. The van der Waals surface area contributed by atoms with Crippen LogP contribution in [0.3, 0.4) is 0 Å². The van der Waals surface area contributed by atoms with Gasteiger partial charge in [0, 0.05) is 24.0 Å². The minimum atomic E-state index is -3.67. The number of carbonyl (C=O) groups excluding carboxylic acids is 1. The second kappa shape index (κ2) is 5.84. The normalized spacial score (nSPS) is 10.9. The molecule has 4 N–H and O–H groups in total. The first-order valence-corrected chi connectivity index (χ1v) is 7.61. The Balaban J connectivity index is 2.20. The number of hydrogen-bond donors (Lipinski definition) is 3. The Kier molecular flexibility index (Phi) is 4.13. The summed E-state index contributed by atoms with van der Waals surface area (Å²) in [6.45, 7) is 0. The summed E-state index contributed by atoms with van der Waals surface area (Å²) in [5.41, 5.74) is 6.84. The van der Waals surface area contributed by atoms with Crippen LogP contribution >= 0.6 is 0 Å². The van der Waals surface area contributed by atoms with Crippen LogP contribution in [0, 0.1) is 0 Å². The molecule has 0 spiro atoms. The Morgan fingerprint density at radius 2 is 1.57 bits per heavy atom. The van der Waals surface area contributed by atoms with Gasteiger partial charge >= 0.3 is 0 Å². The number of nitrogens with one attached hydrogen (secondary N) is 2. The largest absolute Gasteiger partial charge is 0.399 e. The van der Waals surface area contributed by atoms with E-state index in [-0.39, 0.29) is 10.8 Å². The van der Waals surface area contributed by atoms with Crippen molar-refractivity contribution in [1.82, 2.24) is 5.32 Å². The van der Waals surface area contributed by atoms with Crippen LogP contribution in [0.25, 0.3) is 0 Å². The Morgan fingerprint density at radius 3 is 2.10 bits per heavy atom. The second-order valence-corrected chi connectivity index (χ2v) is 6.01. The maximum Gasteiger partial charge on any atom is 0.261 e. The zero-order valence-electron chi connectivity index (χ0n) is 11.3. The molecule has 0 saturated carbocycles. The van der Waals surface area contributed by atoms with Crippen LogP contribution in [0.4, 0.5) is 11.4 Å². The summed E-state index contributed by atoms with van der Waals surface area (Å²) in [5.74, 6) is -0.233. The molecule has 0 atom stereocenters. The molecule has 0 fully saturated rings. The van der Waals surface area contributed by atoms with E-state index in [1.807, 2.05) is 0 Å². The van der Waals surface area contributed by atoms with Crippen molar-refractivity contribution < 1.29 is 13.2 Å². The van der Waals surface area contributed by atoms with E-state index in [0.29, 0.717) is 16.9 Å². The molecule has 0 saturated heterocycles. The predicted octanol–water partition coefficient (Wildman–Crippen LogP) is 1.43. The van der Waals surface area contributed by atoms with Crippen molar-refractivity contribution in [2.45, 2.75) is 4.90 Å². The van der Waals surface area contributed by atoms with E-state index in [1.54, 1.807) is 12.1 Å². The van der Waals surface area contributed by atoms with E-state index in [1.165, 1.54) is 43.4 Å². The molecular weight excluding hydrogens is 290 g/mol. The third kappa shape index (κ3) is 3.51. The fourth-order valence-electron chi connectivity index (χ4n) is 1.70. The highest BCUT2D eigenvalue weighted by atomic mass is 32.2. The molecule has 21 heavy (non-hydrogen) atoms. The third-order valence-corrected chi connectivity index (χ3v) is 4.21. The molecule has 0 aliphatic heterocycles. The summed E-state index contributed by atoms with van der Waals surface area (Å²) in [6.07, 6.45) is 0. The Bertz CT molecular complexity index is 738. The molecule has 1 amide bonds. The quantitative estimate of drug-likeness (QED) is 0.744. The fraction of sp³-hybridized carbons (Fsp3) is 0.0714. The Morgan fingerprint density at radius 1 is 1.00 bits per heavy atom. The van der Waals surface area contributed by atoms with Gasteiger partial charge in [0.1, 0.15) is 0 Å². The lowest BCUT2D eigenvalue weighted by molar-refractivity contribution is 0.0963. The number of nitrogen functional groups attached to an aromatic ring is 1. The Hall–Kier alpha value is -2.54. The van der Waals surface area contributed by atoms with Gasteiger partial charge in [-0.1, -0.05) is 0 Å². The van der Waals surface area contributed by atoms with Crippen LogP contribution < -0.4 is 15.8 Å². The highest BCUT2D eigenvalue weighted by molar-refractivity contribution is 7.92. The van der Waals surface area contributed by atoms with Gasteiger partial charge in [-0.2, -0.15) is 0 Å². The molecule has 110 valence electrons. The number of carbonyl (C=O) groups is 1. The zero-order valence-corrected chi connectivity index (χ0v) is 12.1.